The van der Waals surface area contributed by atoms with Crippen LogP contribution < -0.4 is 5.32 Å². The van der Waals surface area contributed by atoms with E-state index in [0.717, 1.165) is 39.1 Å². The van der Waals surface area contributed by atoms with Crippen LogP contribution in [0.3, 0.4) is 0 Å². The topological polar surface area (TPSA) is 55.4 Å². The molecule has 0 aliphatic rings. The summed E-state index contributed by atoms with van der Waals surface area (Å²) in [6.45, 7) is 13.4. The lowest BCUT2D eigenvalue weighted by Crippen LogP contribution is -2.23. The molecule has 0 atom stereocenters. The minimum Gasteiger partial charge on any atom is -0.452 e. The first-order chi connectivity index (χ1) is 12.1. The normalized spacial score (nSPS) is 10.6. The molecule has 0 spiro atoms. The molecule has 2 aromatic carbocycles. The number of carbonyl (C=O) groups is 2. The number of para-hydroxylation sites is 1. The Balaban J connectivity index is 2.14. The van der Waals surface area contributed by atoms with Crippen molar-refractivity contribution in [2.45, 2.75) is 48.5 Å². The summed E-state index contributed by atoms with van der Waals surface area (Å²) in [7, 11) is 0. The van der Waals surface area contributed by atoms with Gasteiger partial charge in [0.25, 0.3) is 5.91 Å². The van der Waals surface area contributed by atoms with Gasteiger partial charge in [0.1, 0.15) is 0 Å². The lowest BCUT2D eigenvalue weighted by atomic mass is 9.90. The van der Waals surface area contributed by atoms with Crippen molar-refractivity contribution in [1.29, 1.82) is 0 Å². The lowest BCUT2D eigenvalue weighted by Gasteiger charge is -2.18. The van der Waals surface area contributed by atoms with Crippen LogP contribution in [0.25, 0.3) is 0 Å². The van der Waals surface area contributed by atoms with Crippen LogP contribution in [0.4, 0.5) is 5.69 Å². The van der Waals surface area contributed by atoms with Crippen molar-refractivity contribution in [1.82, 2.24) is 0 Å². The lowest BCUT2D eigenvalue weighted by molar-refractivity contribution is -0.119. The van der Waals surface area contributed by atoms with E-state index < -0.39 is 5.97 Å². The molecule has 138 valence electrons. The zero-order valence-electron chi connectivity index (χ0n) is 16.7. The fourth-order valence-corrected chi connectivity index (χ4v) is 3.20. The van der Waals surface area contributed by atoms with Gasteiger partial charge in [-0.2, -0.15) is 0 Å². The molecule has 0 saturated heterocycles. The van der Waals surface area contributed by atoms with Crippen LogP contribution in [0.2, 0.25) is 0 Å². The number of benzene rings is 2. The zero-order chi connectivity index (χ0) is 19.6. The van der Waals surface area contributed by atoms with Gasteiger partial charge in [-0.05, 0) is 87.4 Å². The molecule has 0 aliphatic heterocycles. The third-order valence-electron chi connectivity index (χ3n) is 5.28. The second kappa shape index (κ2) is 7.73. The van der Waals surface area contributed by atoms with Crippen molar-refractivity contribution >= 4 is 17.6 Å². The molecular weight excluding hydrogens is 326 g/mol. The molecule has 0 aliphatic carbocycles. The van der Waals surface area contributed by atoms with E-state index in [1.54, 1.807) is 0 Å². The van der Waals surface area contributed by atoms with Gasteiger partial charge in [-0.3, -0.25) is 4.79 Å². The van der Waals surface area contributed by atoms with Crippen LogP contribution in [0.5, 0.6) is 0 Å². The molecule has 0 fully saturated rings. The Morgan fingerprint density at radius 2 is 1.27 bits per heavy atom. The minimum atomic E-state index is -0.456. The number of rotatable bonds is 4. The van der Waals surface area contributed by atoms with Gasteiger partial charge >= 0.3 is 5.97 Å². The largest absolute Gasteiger partial charge is 0.452 e. The number of hydrogen-bond donors (Lipinski definition) is 1. The number of nitrogens with one attached hydrogen (secondary N) is 1. The second-order valence-electron chi connectivity index (χ2n) is 6.89. The summed E-state index contributed by atoms with van der Waals surface area (Å²) in [5.41, 5.74) is 8.44. The highest BCUT2D eigenvalue weighted by molar-refractivity contribution is 5.98. The maximum absolute atomic E-state index is 12.6. The van der Waals surface area contributed by atoms with E-state index in [1.165, 1.54) is 5.56 Å². The molecule has 1 amide bonds. The maximum Gasteiger partial charge on any atom is 0.339 e. The monoisotopic (exact) mass is 353 g/mol. The standard InChI is InChI=1S/C22H27NO3/c1-12-9-8-10-13(2)21(12)23-19(24)11-26-22(25)20-17(6)15(4)14(3)16(5)18(20)7/h8-10H,11H2,1-7H3,(H,23,24). The second-order valence-corrected chi connectivity index (χ2v) is 6.89. The summed E-state index contributed by atoms with van der Waals surface area (Å²) in [5.74, 6) is -0.797. The Morgan fingerprint density at radius 3 is 1.77 bits per heavy atom. The number of esters is 1. The summed E-state index contributed by atoms with van der Waals surface area (Å²) < 4.78 is 5.30. The van der Waals surface area contributed by atoms with Crippen LogP contribution >= 0.6 is 0 Å². The summed E-state index contributed by atoms with van der Waals surface area (Å²) in [5, 5.41) is 2.83. The highest BCUT2D eigenvalue weighted by Crippen LogP contribution is 2.26. The summed E-state index contributed by atoms with van der Waals surface area (Å²) in [4.78, 5) is 24.8. The quantitative estimate of drug-likeness (QED) is 0.815. The van der Waals surface area contributed by atoms with Gasteiger partial charge in [0.15, 0.2) is 6.61 Å². The van der Waals surface area contributed by atoms with Gasteiger partial charge in [-0.1, -0.05) is 18.2 Å². The van der Waals surface area contributed by atoms with E-state index >= 15 is 0 Å². The van der Waals surface area contributed by atoms with E-state index in [4.69, 9.17) is 4.74 Å². The Hall–Kier alpha value is -2.62. The first kappa shape index (κ1) is 19.7. The molecule has 4 nitrogen and oxygen atoms in total. The van der Waals surface area contributed by atoms with Crippen molar-refractivity contribution in [3.63, 3.8) is 0 Å². The molecule has 0 saturated carbocycles. The first-order valence-corrected chi connectivity index (χ1v) is 8.75. The molecule has 1 N–H and O–H groups in total. The van der Waals surface area contributed by atoms with Crippen LogP contribution in [-0.4, -0.2) is 18.5 Å². The molecule has 0 unspecified atom stereocenters. The van der Waals surface area contributed by atoms with E-state index in [2.05, 4.69) is 12.2 Å². The van der Waals surface area contributed by atoms with Gasteiger partial charge in [-0.25, -0.2) is 4.79 Å². The molecule has 2 aromatic rings. The predicted molar refractivity (Wildman–Crippen MR) is 105 cm³/mol. The van der Waals surface area contributed by atoms with Gasteiger partial charge in [0, 0.05) is 5.69 Å². The van der Waals surface area contributed by atoms with Gasteiger partial charge in [0.2, 0.25) is 0 Å². The third-order valence-corrected chi connectivity index (χ3v) is 5.28. The molecule has 0 heterocycles. The summed E-state index contributed by atoms with van der Waals surface area (Å²) in [6.07, 6.45) is 0. The van der Waals surface area contributed by atoms with Crippen LogP contribution in [0, 0.1) is 48.5 Å². The Bertz CT molecular complexity index is 832. The van der Waals surface area contributed by atoms with Crippen LogP contribution in [-0.2, 0) is 9.53 Å². The smallest absolute Gasteiger partial charge is 0.339 e. The van der Waals surface area contributed by atoms with Gasteiger partial charge in [-0.15, -0.1) is 0 Å². The zero-order valence-corrected chi connectivity index (χ0v) is 16.7. The average Bonchev–Trinajstić information content (AvgIpc) is 2.60. The van der Waals surface area contributed by atoms with Crippen molar-refractivity contribution in [3.05, 3.63) is 62.7 Å². The highest BCUT2D eigenvalue weighted by Gasteiger charge is 2.20. The number of hydrogen-bond acceptors (Lipinski definition) is 3. The first-order valence-electron chi connectivity index (χ1n) is 8.75. The number of carbonyl (C=O) groups excluding carboxylic acids is 2. The number of amides is 1. The van der Waals surface area contributed by atoms with Crippen molar-refractivity contribution < 1.29 is 14.3 Å². The number of anilines is 1. The molecule has 2 rings (SSSR count). The fourth-order valence-electron chi connectivity index (χ4n) is 3.20. The molecule has 4 heteroatoms. The van der Waals surface area contributed by atoms with E-state index in [-0.39, 0.29) is 12.5 Å². The van der Waals surface area contributed by atoms with E-state index in [0.29, 0.717) is 5.56 Å². The Morgan fingerprint density at radius 1 is 0.808 bits per heavy atom. The van der Waals surface area contributed by atoms with Crippen molar-refractivity contribution in [2.75, 3.05) is 11.9 Å². The number of aryl methyl sites for hydroxylation is 2. The van der Waals surface area contributed by atoms with Crippen LogP contribution in [0.1, 0.15) is 49.3 Å². The highest BCUT2D eigenvalue weighted by atomic mass is 16.5. The fraction of sp³-hybridized carbons (Fsp3) is 0.364. The third kappa shape index (κ3) is 3.79. The number of ether oxygens (including phenoxy) is 1. The van der Waals surface area contributed by atoms with Gasteiger partial charge in [0.05, 0.1) is 5.56 Å². The summed E-state index contributed by atoms with van der Waals surface area (Å²) in [6, 6.07) is 5.80. The Kier molecular flexibility index (Phi) is 5.86. The average molecular weight is 353 g/mol. The summed E-state index contributed by atoms with van der Waals surface area (Å²) >= 11 is 0. The predicted octanol–water partition coefficient (Wildman–Crippen LogP) is 4.64. The molecular formula is C22H27NO3. The molecule has 0 radical (unpaired) electrons. The molecule has 0 aromatic heterocycles. The molecule has 26 heavy (non-hydrogen) atoms. The van der Waals surface area contributed by atoms with E-state index in [9.17, 15) is 9.59 Å². The van der Waals surface area contributed by atoms with Crippen molar-refractivity contribution in [3.8, 4) is 0 Å². The van der Waals surface area contributed by atoms with Gasteiger partial charge < -0.3 is 10.1 Å². The van der Waals surface area contributed by atoms with E-state index in [1.807, 2.05) is 59.7 Å². The molecule has 0 bridgehead atoms. The minimum absolute atomic E-state index is 0.308. The SMILES string of the molecule is Cc1cccc(C)c1NC(=O)COC(=O)c1c(C)c(C)c(C)c(C)c1C. The Labute approximate surface area is 155 Å². The van der Waals surface area contributed by atoms with Crippen molar-refractivity contribution in [2.24, 2.45) is 0 Å². The maximum atomic E-state index is 12.6. The van der Waals surface area contributed by atoms with Crippen LogP contribution in [0.15, 0.2) is 18.2 Å².